The third-order valence-corrected chi connectivity index (χ3v) is 14.1. The second-order valence-electron chi connectivity index (χ2n) is 18.1. The zero-order chi connectivity index (χ0) is 52.0. The lowest BCUT2D eigenvalue weighted by Crippen LogP contribution is -2.53. The molecule has 2 aliphatic rings. The van der Waals surface area contributed by atoms with Crippen LogP contribution in [0.4, 0.5) is 0 Å². The van der Waals surface area contributed by atoms with Gasteiger partial charge in [-0.2, -0.15) is 0 Å². The zero-order valence-electron chi connectivity index (χ0n) is 43.9. The Morgan fingerprint density at radius 1 is 0.458 bits per heavy atom. The summed E-state index contributed by atoms with van der Waals surface area (Å²) in [5.74, 6) is 16.2. The molecule has 4 aromatic rings. The highest BCUT2D eigenvalue weighted by atomic mass is 16.6. The second-order valence-corrected chi connectivity index (χ2v) is 18.1. The minimum atomic E-state index is -0.367. The predicted molar refractivity (Wildman–Crippen MR) is 270 cm³/mol. The number of benzene rings is 4. The molecule has 4 aromatic carbocycles. The largest absolute Gasteiger partial charge is 0.493 e. The van der Waals surface area contributed by atoms with E-state index in [0.29, 0.717) is 92.4 Å². The maximum Gasteiger partial charge on any atom is 0.312 e. The molecule has 0 amide bonds. The molecule has 16 nitrogen and oxygen atoms in total. The summed E-state index contributed by atoms with van der Waals surface area (Å²) in [4.78, 5) is 26.3. The SMILES string of the molecule is COc1cc2c(cc1OC)[C@@H](Cc1cc(OC)c(OC)c(OC)c1)[N+](C)(CCC(=O)OCC#CC#CCOC(=O)CC[N+]1(C)CCc3cc(OC)c(OC)cc3[C@H]1Cc1cc(OC)c(OC)c(OC)c1)CC2. The van der Waals surface area contributed by atoms with Crippen molar-refractivity contribution in [3.8, 4) is 81.2 Å². The summed E-state index contributed by atoms with van der Waals surface area (Å²) in [6.07, 6.45) is 3.14. The Labute approximate surface area is 424 Å². The van der Waals surface area contributed by atoms with Gasteiger partial charge in [0.25, 0.3) is 0 Å². The third kappa shape index (κ3) is 12.3. The van der Waals surface area contributed by atoms with Crippen LogP contribution in [0.2, 0.25) is 0 Å². The van der Waals surface area contributed by atoms with Crippen LogP contribution in [0.1, 0.15) is 58.3 Å². The number of carbonyl (C=O) groups excluding carboxylic acids is 2. The number of hydrogen-bond donors (Lipinski definition) is 0. The molecule has 0 N–H and O–H groups in total. The first-order valence-corrected chi connectivity index (χ1v) is 23.8. The third-order valence-electron chi connectivity index (χ3n) is 14.1. The van der Waals surface area contributed by atoms with Crippen molar-refractivity contribution in [2.24, 2.45) is 0 Å². The summed E-state index contributed by atoms with van der Waals surface area (Å²) >= 11 is 0. The smallest absolute Gasteiger partial charge is 0.312 e. The molecule has 2 aliphatic heterocycles. The Morgan fingerprint density at radius 3 is 1.08 bits per heavy atom. The Kier molecular flexibility index (Phi) is 18.7. The number of hydrogen-bond acceptors (Lipinski definition) is 14. The van der Waals surface area contributed by atoms with Crippen molar-refractivity contribution >= 4 is 11.9 Å². The van der Waals surface area contributed by atoms with Crippen molar-refractivity contribution < 1.29 is 75.4 Å². The Morgan fingerprint density at radius 2 is 0.778 bits per heavy atom. The van der Waals surface area contributed by atoms with Crippen molar-refractivity contribution in [2.45, 2.75) is 50.6 Å². The molecule has 0 radical (unpaired) electrons. The summed E-state index contributed by atoms with van der Waals surface area (Å²) < 4.78 is 68.8. The van der Waals surface area contributed by atoms with Crippen molar-refractivity contribution in [3.63, 3.8) is 0 Å². The first kappa shape index (κ1) is 54.2. The molecule has 0 saturated heterocycles. The molecule has 0 saturated carbocycles. The van der Waals surface area contributed by atoms with E-state index in [-0.39, 0.29) is 50.1 Å². The van der Waals surface area contributed by atoms with Crippen LogP contribution in [0.15, 0.2) is 48.5 Å². The summed E-state index contributed by atoms with van der Waals surface area (Å²) in [5, 5.41) is 0. The van der Waals surface area contributed by atoms with E-state index in [2.05, 4.69) is 37.8 Å². The highest BCUT2D eigenvalue weighted by molar-refractivity contribution is 5.70. The Bertz CT molecular complexity index is 2470. The maximum absolute atomic E-state index is 13.2. The van der Waals surface area contributed by atoms with Crippen molar-refractivity contribution in [2.75, 3.05) is 125 Å². The molecular weight excluding hydrogens is 925 g/mol. The van der Waals surface area contributed by atoms with E-state index in [1.54, 1.807) is 71.1 Å². The minimum Gasteiger partial charge on any atom is -0.493 e. The first-order valence-electron chi connectivity index (χ1n) is 23.8. The van der Waals surface area contributed by atoms with Gasteiger partial charge in [-0.1, -0.05) is 0 Å². The number of likely N-dealkylation sites (N-methyl/N-ethyl adjacent to an activating group) is 2. The molecular formula is C56H70N2O14+2. The summed E-state index contributed by atoms with van der Waals surface area (Å²) in [5.41, 5.74) is 6.52. The summed E-state index contributed by atoms with van der Waals surface area (Å²) in [7, 11) is 20.4. The van der Waals surface area contributed by atoms with Gasteiger partial charge in [0.15, 0.2) is 59.2 Å². The molecule has 16 heteroatoms. The van der Waals surface area contributed by atoms with Gasteiger partial charge in [-0.05, 0) is 94.5 Å². The van der Waals surface area contributed by atoms with Crippen LogP contribution >= 0.6 is 0 Å². The Hall–Kier alpha value is -7.14. The lowest BCUT2D eigenvalue weighted by atomic mass is 9.86. The fourth-order valence-corrected chi connectivity index (χ4v) is 10.0. The van der Waals surface area contributed by atoms with Crippen molar-refractivity contribution in [1.82, 2.24) is 0 Å². The van der Waals surface area contributed by atoms with Gasteiger partial charge in [0, 0.05) is 36.8 Å². The summed E-state index contributed by atoms with van der Waals surface area (Å²) in [6.45, 7) is 2.34. The van der Waals surface area contributed by atoms with Crippen LogP contribution in [0.5, 0.6) is 57.5 Å². The van der Waals surface area contributed by atoms with E-state index in [1.807, 2.05) is 48.5 Å². The van der Waals surface area contributed by atoms with E-state index in [9.17, 15) is 9.59 Å². The van der Waals surface area contributed by atoms with Gasteiger partial charge in [-0.3, -0.25) is 9.59 Å². The molecule has 2 heterocycles. The fraction of sp³-hybridized carbons (Fsp3) is 0.464. The molecule has 0 spiro atoms. The lowest BCUT2D eigenvalue weighted by Gasteiger charge is -2.46. The molecule has 386 valence electrons. The predicted octanol–water partition coefficient (Wildman–Crippen LogP) is 6.92. The van der Waals surface area contributed by atoms with Gasteiger partial charge < -0.3 is 65.8 Å². The monoisotopic (exact) mass is 994 g/mol. The number of rotatable bonds is 22. The second kappa shape index (κ2) is 24.8. The van der Waals surface area contributed by atoms with Crippen LogP contribution in [-0.2, 0) is 44.7 Å². The maximum atomic E-state index is 13.2. The van der Waals surface area contributed by atoms with Gasteiger partial charge in [-0.25, -0.2) is 0 Å². The highest BCUT2D eigenvalue weighted by Gasteiger charge is 2.42. The topological polar surface area (TPSA) is 145 Å². The van der Waals surface area contributed by atoms with Gasteiger partial charge >= 0.3 is 11.9 Å². The quantitative estimate of drug-likeness (QED) is 0.0457. The molecule has 0 bridgehead atoms. The minimum absolute atomic E-state index is 0.0629. The first-order chi connectivity index (χ1) is 34.7. The van der Waals surface area contributed by atoms with Gasteiger partial charge in [0.2, 0.25) is 11.5 Å². The standard InChI is InChI=1S/C56H70N2O14/c1-57(21-17-39-33-45(61-3)47(63-5)35-41(39)43(57)27-37-29-49(65-7)55(69-11)50(30-37)66-8)23-19-53(59)71-25-15-13-14-16-26-72-54(60)20-24-58(2)22-18-40-34-46(62-4)48(64-6)36-42(40)44(58)28-38-31-51(67-9)56(70-12)52(32-38)68-10/h29-36,43-44H,17-28H2,1-12H3/q+2/t43-,44-,57?,58?/m1/s1. The Balaban J connectivity index is 1.05. The summed E-state index contributed by atoms with van der Waals surface area (Å²) in [6, 6.07) is 15.9. The van der Waals surface area contributed by atoms with Crippen LogP contribution < -0.4 is 47.4 Å². The highest BCUT2D eigenvalue weighted by Crippen LogP contribution is 2.47. The molecule has 72 heavy (non-hydrogen) atoms. The normalized spacial score (nSPS) is 18.5. The number of ether oxygens (including phenoxy) is 12. The molecule has 4 atom stereocenters. The van der Waals surface area contributed by atoms with Crippen LogP contribution in [-0.4, -0.2) is 145 Å². The van der Waals surface area contributed by atoms with Gasteiger partial charge in [0.05, 0.1) is 124 Å². The van der Waals surface area contributed by atoms with Gasteiger partial charge in [-0.15, -0.1) is 0 Å². The number of nitrogens with zero attached hydrogens (tertiary/aromatic N) is 2. The molecule has 0 aliphatic carbocycles. The van der Waals surface area contributed by atoms with Crippen molar-refractivity contribution in [3.05, 3.63) is 81.9 Å². The number of carbonyl (C=O) groups is 2. The average molecular weight is 995 g/mol. The number of quaternary nitrogens is 2. The van der Waals surface area contributed by atoms with E-state index >= 15 is 0 Å². The molecule has 6 rings (SSSR count). The van der Waals surface area contributed by atoms with Gasteiger partial charge in [0.1, 0.15) is 12.1 Å². The van der Waals surface area contributed by atoms with Crippen LogP contribution in [0.3, 0.4) is 0 Å². The lowest BCUT2D eigenvalue weighted by molar-refractivity contribution is -0.940. The van der Waals surface area contributed by atoms with E-state index in [0.717, 1.165) is 59.3 Å². The molecule has 0 aromatic heterocycles. The molecule has 0 fully saturated rings. The van der Waals surface area contributed by atoms with E-state index < -0.39 is 0 Å². The van der Waals surface area contributed by atoms with Crippen LogP contribution in [0.25, 0.3) is 0 Å². The zero-order valence-corrected chi connectivity index (χ0v) is 43.9. The van der Waals surface area contributed by atoms with E-state index in [4.69, 9.17) is 56.8 Å². The average Bonchev–Trinajstić information content (AvgIpc) is 3.40. The fourth-order valence-electron chi connectivity index (χ4n) is 10.0. The number of methoxy groups -OCH3 is 10. The van der Waals surface area contributed by atoms with Crippen molar-refractivity contribution in [1.29, 1.82) is 0 Å². The number of fused-ring (bicyclic) bond motifs is 2. The van der Waals surface area contributed by atoms with Crippen LogP contribution in [0, 0.1) is 23.7 Å². The molecule has 2 unspecified atom stereocenters. The number of esters is 2. The van der Waals surface area contributed by atoms with E-state index in [1.165, 1.54) is 0 Å².